The van der Waals surface area contributed by atoms with Crippen molar-refractivity contribution in [1.82, 2.24) is 9.38 Å². The fraction of sp³-hybridized carbons (Fsp3) is 0.0714. The molecule has 3 aromatic rings. The standard InChI is InChI=1S/C14H11FN2/c1-10-5-6-11(8-12(10)15)13-9-17-7-3-2-4-14(17)16-13/h2-9H,1H3. The van der Waals surface area contributed by atoms with Gasteiger partial charge in [0.05, 0.1) is 5.69 Å². The maximum Gasteiger partial charge on any atom is 0.137 e. The van der Waals surface area contributed by atoms with Gasteiger partial charge in [0.2, 0.25) is 0 Å². The molecule has 0 aliphatic carbocycles. The van der Waals surface area contributed by atoms with Gasteiger partial charge in [-0.25, -0.2) is 9.37 Å². The van der Waals surface area contributed by atoms with Crippen LogP contribution in [0.4, 0.5) is 4.39 Å². The van der Waals surface area contributed by atoms with E-state index in [4.69, 9.17) is 0 Å². The van der Waals surface area contributed by atoms with Crippen molar-refractivity contribution in [3.8, 4) is 11.3 Å². The molecule has 0 radical (unpaired) electrons. The minimum atomic E-state index is -0.195. The van der Waals surface area contributed by atoms with Crippen LogP contribution in [0.3, 0.4) is 0 Å². The number of rotatable bonds is 1. The van der Waals surface area contributed by atoms with Gasteiger partial charge in [-0.2, -0.15) is 0 Å². The van der Waals surface area contributed by atoms with E-state index < -0.39 is 0 Å². The third kappa shape index (κ3) is 1.69. The summed E-state index contributed by atoms with van der Waals surface area (Å²) < 4.78 is 15.4. The van der Waals surface area contributed by atoms with E-state index in [9.17, 15) is 4.39 Å². The van der Waals surface area contributed by atoms with E-state index in [2.05, 4.69) is 4.98 Å². The third-order valence-electron chi connectivity index (χ3n) is 2.83. The molecule has 0 atom stereocenters. The first-order valence-electron chi connectivity index (χ1n) is 5.44. The van der Waals surface area contributed by atoms with E-state index in [0.29, 0.717) is 5.56 Å². The van der Waals surface area contributed by atoms with Crippen LogP contribution in [0.25, 0.3) is 16.9 Å². The molecule has 2 heterocycles. The number of pyridine rings is 1. The van der Waals surface area contributed by atoms with Crippen molar-refractivity contribution in [2.45, 2.75) is 6.92 Å². The lowest BCUT2D eigenvalue weighted by Crippen LogP contribution is -1.84. The highest BCUT2D eigenvalue weighted by Gasteiger charge is 2.06. The molecule has 0 bridgehead atoms. The summed E-state index contributed by atoms with van der Waals surface area (Å²) in [7, 11) is 0. The summed E-state index contributed by atoms with van der Waals surface area (Å²) in [5.74, 6) is -0.195. The smallest absolute Gasteiger partial charge is 0.137 e. The molecule has 0 saturated heterocycles. The topological polar surface area (TPSA) is 17.3 Å². The average molecular weight is 226 g/mol. The number of imidazole rings is 1. The Labute approximate surface area is 98.4 Å². The van der Waals surface area contributed by atoms with Crippen LogP contribution in [-0.2, 0) is 0 Å². The van der Waals surface area contributed by atoms with Crippen LogP contribution in [0, 0.1) is 12.7 Å². The van der Waals surface area contributed by atoms with Crippen LogP contribution in [0.15, 0.2) is 48.8 Å². The SMILES string of the molecule is Cc1ccc(-c2cn3ccccc3n2)cc1F. The molecule has 0 amide bonds. The first-order valence-corrected chi connectivity index (χ1v) is 5.44. The molecule has 0 N–H and O–H groups in total. The molecule has 2 nitrogen and oxygen atoms in total. The van der Waals surface area contributed by atoms with Gasteiger partial charge in [-0.1, -0.05) is 18.2 Å². The number of hydrogen-bond donors (Lipinski definition) is 0. The monoisotopic (exact) mass is 226 g/mol. The van der Waals surface area contributed by atoms with Crippen LogP contribution < -0.4 is 0 Å². The minimum absolute atomic E-state index is 0.195. The molecule has 0 aliphatic heterocycles. The number of benzene rings is 1. The van der Waals surface area contributed by atoms with E-state index in [0.717, 1.165) is 16.9 Å². The molecular formula is C14H11FN2. The Hall–Kier alpha value is -2.16. The Morgan fingerprint density at radius 1 is 1.18 bits per heavy atom. The molecule has 0 unspecified atom stereocenters. The van der Waals surface area contributed by atoms with Crippen molar-refractivity contribution in [3.63, 3.8) is 0 Å². The van der Waals surface area contributed by atoms with Crippen molar-refractivity contribution in [3.05, 3.63) is 60.2 Å². The maximum atomic E-state index is 13.5. The van der Waals surface area contributed by atoms with Gasteiger partial charge in [-0.15, -0.1) is 0 Å². The van der Waals surface area contributed by atoms with Crippen LogP contribution in [0.2, 0.25) is 0 Å². The van der Waals surface area contributed by atoms with Gasteiger partial charge < -0.3 is 4.40 Å². The van der Waals surface area contributed by atoms with Gasteiger partial charge in [0.1, 0.15) is 11.5 Å². The fourth-order valence-corrected chi connectivity index (χ4v) is 1.83. The average Bonchev–Trinajstić information content (AvgIpc) is 2.76. The van der Waals surface area contributed by atoms with E-state index in [-0.39, 0.29) is 5.82 Å². The van der Waals surface area contributed by atoms with Gasteiger partial charge in [-0.3, -0.25) is 0 Å². The zero-order valence-electron chi connectivity index (χ0n) is 9.39. The van der Waals surface area contributed by atoms with Crippen molar-refractivity contribution in [2.24, 2.45) is 0 Å². The van der Waals surface area contributed by atoms with Crippen molar-refractivity contribution >= 4 is 5.65 Å². The van der Waals surface area contributed by atoms with Gasteiger partial charge >= 0.3 is 0 Å². The summed E-state index contributed by atoms with van der Waals surface area (Å²) >= 11 is 0. The predicted octanol–water partition coefficient (Wildman–Crippen LogP) is 3.45. The zero-order chi connectivity index (χ0) is 11.8. The second kappa shape index (κ2) is 3.70. The van der Waals surface area contributed by atoms with E-state index in [1.165, 1.54) is 6.07 Å². The molecule has 84 valence electrons. The van der Waals surface area contributed by atoms with Gasteiger partial charge in [0, 0.05) is 18.0 Å². The van der Waals surface area contributed by atoms with Crippen molar-refractivity contribution in [1.29, 1.82) is 0 Å². The van der Waals surface area contributed by atoms with E-state index in [1.54, 1.807) is 13.0 Å². The number of aryl methyl sites for hydroxylation is 1. The Kier molecular flexibility index (Phi) is 2.18. The van der Waals surface area contributed by atoms with Crippen LogP contribution >= 0.6 is 0 Å². The lowest BCUT2D eigenvalue weighted by molar-refractivity contribution is 0.619. The summed E-state index contributed by atoms with van der Waals surface area (Å²) in [5, 5.41) is 0. The summed E-state index contributed by atoms with van der Waals surface area (Å²) in [6, 6.07) is 11.0. The highest BCUT2D eigenvalue weighted by molar-refractivity contribution is 5.63. The highest BCUT2D eigenvalue weighted by Crippen LogP contribution is 2.21. The number of hydrogen-bond acceptors (Lipinski definition) is 1. The molecule has 0 aliphatic rings. The predicted molar refractivity (Wildman–Crippen MR) is 65.3 cm³/mol. The molecule has 3 heteroatoms. The summed E-state index contributed by atoms with van der Waals surface area (Å²) in [6.07, 6.45) is 3.83. The van der Waals surface area contributed by atoms with Gasteiger partial charge in [-0.05, 0) is 30.7 Å². The summed E-state index contributed by atoms with van der Waals surface area (Å²) in [6.45, 7) is 1.75. The van der Waals surface area contributed by atoms with Crippen LogP contribution in [0.5, 0.6) is 0 Å². The summed E-state index contributed by atoms with van der Waals surface area (Å²) in [5.41, 5.74) is 3.10. The van der Waals surface area contributed by atoms with Crippen molar-refractivity contribution < 1.29 is 4.39 Å². The molecule has 0 fully saturated rings. The van der Waals surface area contributed by atoms with Gasteiger partial charge in [0.15, 0.2) is 0 Å². The molecule has 2 aromatic heterocycles. The zero-order valence-corrected chi connectivity index (χ0v) is 9.39. The number of halogens is 1. The first-order chi connectivity index (χ1) is 8.24. The first kappa shape index (κ1) is 10.0. The normalized spacial score (nSPS) is 10.9. The maximum absolute atomic E-state index is 13.5. The lowest BCUT2D eigenvalue weighted by Gasteiger charge is -1.99. The number of fused-ring (bicyclic) bond motifs is 1. The largest absolute Gasteiger partial charge is 0.306 e. The second-order valence-electron chi connectivity index (χ2n) is 4.06. The number of nitrogens with zero attached hydrogens (tertiary/aromatic N) is 2. The molecule has 17 heavy (non-hydrogen) atoms. The van der Waals surface area contributed by atoms with Gasteiger partial charge in [0.25, 0.3) is 0 Å². The Balaban J connectivity index is 2.17. The molecule has 3 rings (SSSR count). The van der Waals surface area contributed by atoms with Crippen LogP contribution in [0.1, 0.15) is 5.56 Å². The second-order valence-corrected chi connectivity index (χ2v) is 4.06. The van der Waals surface area contributed by atoms with E-state index >= 15 is 0 Å². The van der Waals surface area contributed by atoms with E-state index in [1.807, 2.05) is 41.1 Å². The fourth-order valence-electron chi connectivity index (χ4n) is 1.83. The molecule has 1 aromatic carbocycles. The summed E-state index contributed by atoms with van der Waals surface area (Å²) in [4.78, 5) is 4.45. The Morgan fingerprint density at radius 2 is 2.06 bits per heavy atom. The quantitative estimate of drug-likeness (QED) is 0.621. The lowest BCUT2D eigenvalue weighted by atomic mass is 10.1. The highest BCUT2D eigenvalue weighted by atomic mass is 19.1. The van der Waals surface area contributed by atoms with Crippen LogP contribution in [-0.4, -0.2) is 9.38 Å². The Bertz CT molecular complexity index is 653. The minimum Gasteiger partial charge on any atom is -0.306 e. The Morgan fingerprint density at radius 3 is 2.82 bits per heavy atom. The van der Waals surface area contributed by atoms with Crippen molar-refractivity contribution in [2.75, 3.05) is 0 Å². The number of aromatic nitrogens is 2. The molecule has 0 spiro atoms. The molecular weight excluding hydrogens is 215 g/mol. The third-order valence-corrected chi connectivity index (χ3v) is 2.83. The molecule has 0 saturated carbocycles.